The van der Waals surface area contributed by atoms with E-state index in [-0.39, 0.29) is 12.6 Å². The van der Waals surface area contributed by atoms with Crippen molar-refractivity contribution in [3.63, 3.8) is 0 Å². The van der Waals surface area contributed by atoms with E-state index in [1.165, 1.54) is 13.8 Å². The van der Waals surface area contributed by atoms with E-state index in [4.69, 9.17) is 14.4 Å². The van der Waals surface area contributed by atoms with E-state index in [1.54, 1.807) is 0 Å². The van der Waals surface area contributed by atoms with Crippen molar-refractivity contribution in [2.45, 2.75) is 37.1 Å². The molecular formula is C9H19O7P. The van der Waals surface area contributed by atoms with Crippen LogP contribution in [-0.4, -0.2) is 70.9 Å². The third kappa shape index (κ3) is 3.99. The van der Waals surface area contributed by atoms with Crippen molar-refractivity contribution in [2.24, 2.45) is 0 Å². The standard InChI is InChI=1S/C9H19O7P/c1-15-9-8(12)7(11)6(10)5(16-9)3-4-17(2,13)14/h5-12H,3-4H2,1-2H3,(H,13,14)/t5-,6-,7+,8+,9+/m1/s1. The maximum Gasteiger partial charge on any atom is 0.197 e. The molecule has 0 radical (unpaired) electrons. The van der Waals surface area contributed by atoms with Crippen LogP contribution in [0.2, 0.25) is 0 Å². The Morgan fingerprint density at radius 1 is 1.24 bits per heavy atom. The molecule has 1 aliphatic rings. The van der Waals surface area contributed by atoms with Gasteiger partial charge in [-0.2, -0.15) is 0 Å². The molecule has 0 spiro atoms. The van der Waals surface area contributed by atoms with Gasteiger partial charge < -0.3 is 29.7 Å². The van der Waals surface area contributed by atoms with Crippen LogP contribution in [-0.2, 0) is 14.0 Å². The first-order valence-corrected chi connectivity index (χ1v) is 7.57. The normalized spacial score (nSPS) is 42.1. The van der Waals surface area contributed by atoms with E-state index >= 15 is 0 Å². The molecule has 1 saturated heterocycles. The first-order valence-electron chi connectivity index (χ1n) is 5.28. The van der Waals surface area contributed by atoms with Crippen LogP contribution < -0.4 is 0 Å². The third-order valence-corrected chi connectivity index (χ3v) is 3.82. The Morgan fingerprint density at radius 3 is 2.29 bits per heavy atom. The summed E-state index contributed by atoms with van der Waals surface area (Å²) in [5, 5.41) is 28.7. The highest BCUT2D eigenvalue weighted by atomic mass is 31.2. The lowest BCUT2D eigenvalue weighted by Gasteiger charge is -2.39. The second-order valence-electron chi connectivity index (χ2n) is 4.31. The molecule has 8 heteroatoms. The fourth-order valence-electron chi connectivity index (χ4n) is 1.72. The molecule has 0 aromatic rings. The second-order valence-corrected chi connectivity index (χ2v) is 6.86. The van der Waals surface area contributed by atoms with Gasteiger partial charge in [-0.3, -0.25) is 4.57 Å². The second kappa shape index (κ2) is 5.75. The van der Waals surface area contributed by atoms with Crippen LogP contribution in [0.25, 0.3) is 0 Å². The van der Waals surface area contributed by atoms with Crippen molar-refractivity contribution < 1.29 is 34.3 Å². The molecule has 0 aromatic heterocycles. The maximum absolute atomic E-state index is 11.1. The Kier molecular flexibility index (Phi) is 5.09. The first kappa shape index (κ1) is 15.0. The summed E-state index contributed by atoms with van der Waals surface area (Å²) >= 11 is 0. The Bertz CT molecular complexity index is 289. The summed E-state index contributed by atoms with van der Waals surface area (Å²) in [6.45, 7) is 1.21. The molecule has 0 aliphatic carbocycles. The van der Waals surface area contributed by atoms with E-state index in [2.05, 4.69) is 0 Å². The SMILES string of the molecule is CO[C@H]1O[C@H](CCP(C)(=O)O)[C@@H](O)[C@H](O)[C@@H]1O. The maximum atomic E-state index is 11.1. The minimum atomic E-state index is -3.20. The number of rotatable bonds is 4. The van der Waals surface area contributed by atoms with E-state index in [0.29, 0.717) is 0 Å². The van der Waals surface area contributed by atoms with Gasteiger partial charge in [0.2, 0.25) is 0 Å². The van der Waals surface area contributed by atoms with Crippen LogP contribution in [0.1, 0.15) is 6.42 Å². The van der Waals surface area contributed by atoms with Crippen molar-refractivity contribution in [2.75, 3.05) is 19.9 Å². The average molecular weight is 270 g/mol. The lowest BCUT2D eigenvalue weighted by molar-refractivity contribution is -0.289. The van der Waals surface area contributed by atoms with Gasteiger partial charge in [-0.05, 0) is 6.42 Å². The molecule has 1 heterocycles. The number of hydrogen-bond acceptors (Lipinski definition) is 6. The molecule has 7 nitrogen and oxygen atoms in total. The molecule has 1 fully saturated rings. The summed E-state index contributed by atoms with van der Waals surface area (Å²) < 4.78 is 21.2. The average Bonchev–Trinajstić information content (AvgIpc) is 2.24. The van der Waals surface area contributed by atoms with Gasteiger partial charge in [0, 0.05) is 19.9 Å². The first-order chi connectivity index (χ1) is 7.76. The van der Waals surface area contributed by atoms with Gasteiger partial charge in [-0.1, -0.05) is 0 Å². The lowest BCUT2D eigenvalue weighted by atomic mass is 9.97. The molecule has 0 amide bonds. The summed E-state index contributed by atoms with van der Waals surface area (Å²) in [6.07, 6.45) is -5.85. The Morgan fingerprint density at radius 2 is 1.82 bits per heavy atom. The highest BCUT2D eigenvalue weighted by molar-refractivity contribution is 7.57. The minimum Gasteiger partial charge on any atom is -0.388 e. The van der Waals surface area contributed by atoms with Gasteiger partial charge in [-0.15, -0.1) is 0 Å². The van der Waals surface area contributed by atoms with Gasteiger partial charge in [0.15, 0.2) is 13.7 Å². The predicted octanol–water partition coefficient (Wildman–Crippen LogP) is -1.27. The zero-order valence-electron chi connectivity index (χ0n) is 9.76. The minimum absolute atomic E-state index is 0.0338. The molecule has 1 rings (SSSR count). The van der Waals surface area contributed by atoms with Crippen molar-refractivity contribution in [3.05, 3.63) is 0 Å². The topological polar surface area (TPSA) is 116 Å². The molecule has 102 valence electrons. The molecule has 6 atom stereocenters. The fourth-order valence-corrected chi connectivity index (χ4v) is 2.45. The number of methoxy groups -OCH3 is 1. The Hall–Kier alpha value is -0.0100. The van der Waals surface area contributed by atoms with E-state index in [9.17, 15) is 19.9 Å². The number of hydrogen-bond donors (Lipinski definition) is 4. The van der Waals surface area contributed by atoms with Gasteiger partial charge >= 0.3 is 0 Å². The fraction of sp³-hybridized carbons (Fsp3) is 1.00. The van der Waals surface area contributed by atoms with E-state index in [0.717, 1.165) is 0 Å². The van der Waals surface area contributed by atoms with Crippen LogP contribution in [0.15, 0.2) is 0 Å². The van der Waals surface area contributed by atoms with Crippen molar-refractivity contribution in [1.82, 2.24) is 0 Å². The monoisotopic (exact) mass is 270 g/mol. The Balaban J connectivity index is 2.62. The van der Waals surface area contributed by atoms with Gasteiger partial charge in [0.1, 0.15) is 18.3 Å². The van der Waals surface area contributed by atoms with Crippen molar-refractivity contribution >= 4 is 7.37 Å². The summed E-state index contributed by atoms with van der Waals surface area (Å²) in [7, 11) is -1.90. The highest BCUT2D eigenvalue weighted by Gasteiger charge is 2.43. The molecule has 1 unspecified atom stereocenters. The van der Waals surface area contributed by atoms with Crippen LogP contribution in [0.5, 0.6) is 0 Å². The summed E-state index contributed by atoms with van der Waals surface area (Å²) in [5.41, 5.74) is 0. The van der Waals surface area contributed by atoms with Crippen molar-refractivity contribution in [3.8, 4) is 0 Å². The molecule has 4 N–H and O–H groups in total. The third-order valence-electron chi connectivity index (χ3n) is 2.73. The molecule has 0 saturated carbocycles. The molecule has 17 heavy (non-hydrogen) atoms. The van der Waals surface area contributed by atoms with Gasteiger partial charge in [-0.25, -0.2) is 0 Å². The largest absolute Gasteiger partial charge is 0.388 e. The predicted molar refractivity (Wildman–Crippen MR) is 58.9 cm³/mol. The zero-order chi connectivity index (χ0) is 13.2. The van der Waals surface area contributed by atoms with E-state index < -0.39 is 38.1 Å². The van der Waals surface area contributed by atoms with Crippen LogP contribution in [0.3, 0.4) is 0 Å². The number of aliphatic hydroxyl groups is 3. The quantitative estimate of drug-likeness (QED) is 0.471. The summed E-state index contributed by atoms with van der Waals surface area (Å²) in [6, 6.07) is 0. The zero-order valence-corrected chi connectivity index (χ0v) is 10.7. The molecule has 1 aliphatic heterocycles. The summed E-state index contributed by atoms with van der Waals surface area (Å²) in [4.78, 5) is 9.15. The molecule has 0 bridgehead atoms. The number of aliphatic hydroxyl groups excluding tert-OH is 3. The van der Waals surface area contributed by atoms with Crippen LogP contribution in [0, 0.1) is 0 Å². The van der Waals surface area contributed by atoms with Crippen LogP contribution in [0.4, 0.5) is 0 Å². The molecule has 0 aromatic carbocycles. The summed E-state index contributed by atoms with van der Waals surface area (Å²) in [5.74, 6) is 0. The molecular weight excluding hydrogens is 251 g/mol. The number of ether oxygens (including phenoxy) is 2. The van der Waals surface area contributed by atoms with Gasteiger partial charge in [0.25, 0.3) is 0 Å². The lowest BCUT2D eigenvalue weighted by Crippen LogP contribution is -2.58. The smallest absolute Gasteiger partial charge is 0.197 e. The van der Waals surface area contributed by atoms with Crippen molar-refractivity contribution in [1.29, 1.82) is 0 Å². The van der Waals surface area contributed by atoms with Gasteiger partial charge in [0.05, 0.1) is 6.10 Å². The van der Waals surface area contributed by atoms with Crippen LogP contribution >= 0.6 is 7.37 Å². The highest BCUT2D eigenvalue weighted by Crippen LogP contribution is 2.37. The Labute approximate surface area is 99.4 Å². The van der Waals surface area contributed by atoms with E-state index in [1.807, 2.05) is 0 Å².